The number of benzene rings is 1. The number of anilines is 1. The molecule has 0 aliphatic carbocycles. The lowest BCUT2D eigenvalue weighted by Gasteiger charge is -2.08. The van der Waals surface area contributed by atoms with Crippen LogP contribution in [0.15, 0.2) is 22.7 Å². The van der Waals surface area contributed by atoms with Crippen molar-refractivity contribution in [2.75, 3.05) is 12.3 Å². The van der Waals surface area contributed by atoms with Gasteiger partial charge in [0, 0.05) is 5.69 Å². The molecule has 0 saturated carbocycles. The zero-order chi connectivity index (χ0) is 11.4. The minimum Gasteiger partial charge on any atom is -0.486 e. The van der Waals surface area contributed by atoms with Gasteiger partial charge in [0.15, 0.2) is 5.75 Å². The highest BCUT2D eigenvalue weighted by Gasteiger charge is 2.07. The maximum Gasteiger partial charge on any atom is 0.157 e. The predicted molar refractivity (Wildman–Crippen MR) is 66.2 cm³/mol. The SMILES string of the molecule is Nc1cc(Cl)c(OCC=C(Cl)Cl)c(Cl)c1. The summed E-state index contributed by atoms with van der Waals surface area (Å²) in [7, 11) is 0. The van der Waals surface area contributed by atoms with Crippen LogP contribution in [-0.2, 0) is 0 Å². The molecule has 0 radical (unpaired) electrons. The third-order valence-corrected chi connectivity index (χ3v) is 2.36. The van der Waals surface area contributed by atoms with Gasteiger partial charge in [-0.05, 0) is 18.2 Å². The first-order chi connectivity index (χ1) is 7.00. The summed E-state index contributed by atoms with van der Waals surface area (Å²) in [6, 6.07) is 3.10. The van der Waals surface area contributed by atoms with Crippen molar-refractivity contribution >= 4 is 52.1 Å². The zero-order valence-corrected chi connectivity index (χ0v) is 10.5. The van der Waals surface area contributed by atoms with Gasteiger partial charge in [0.1, 0.15) is 11.1 Å². The van der Waals surface area contributed by atoms with Crippen molar-refractivity contribution in [1.82, 2.24) is 0 Å². The van der Waals surface area contributed by atoms with E-state index in [1.165, 1.54) is 6.08 Å². The summed E-state index contributed by atoms with van der Waals surface area (Å²) < 4.78 is 5.39. The molecule has 0 bridgehead atoms. The Labute approximate surface area is 108 Å². The molecule has 0 aliphatic heterocycles. The van der Waals surface area contributed by atoms with E-state index >= 15 is 0 Å². The molecule has 0 aromatic heterocycles. The van der Waals surface area contributed by atoms with Gasteiger partial charge in [0.05, 0.1) is 10.0 Å². The van der Waals surface area contributed by atoms with Crippen LogP contribution in [0.25, 0.3) is 0 Å². The summed E-state index contributed by atoms with van der Waals surface area (Å²) >= 11 is 22.6. The Bertz CT molecular complexity index is 365. The molecular formula is C9H7Cl4NO. The largest absolute Gasteiger partial charge is 0.486 e. The van der Waals surface area contributed by atoms with E-state index in [4.69, 9.17) is 56.9 Å². The molecule has 82 valence electrons. The van der Waals surface area contributed by atoms with Crippen molar-refractivity contribution in [3.63, 3.8) is 0 Å². The second kappa shape index (κ2) is 5.71. The van der Waals surface area contributed by atoms with Crippen LogP contribution >= 0.6 is 46.4 Å². The standard InChI is InChI=1S/C9H7Cl4NO/c10-6-3-5(14)4-7(11)9(6)15-2-1-8(12)13/h1,3-4H,2,14H2. The molecule has 0 heterocycles. The van der Waals surface area contributed by atoms with Crippen molar-refractivity contribution in [2.24, 2.45) is 0 Å². The predicted octanol–water partition coefficient (Wildman–Crippen LogP) is 4.27. The average Bonchev–Trinajstić information content (AvgIpc) is 2.08. The van der Waals surface area contributed by atoms with Crippen molar-refractivity contribution in [3.05, 3.63) is 32.7 Å². The Morgan fingerprint density at radius 2 is 1.80 bits per heavy atom. The molecule has 0 fully saturated rings. The van der Waals surface area contributed by atoms with Gasteiger partial charge in [-0.2, -0.15) is 0 Å². The lowest BCUT2D eigenvalue weighted by atomic mass is 10.3. The summed E-state index contributed by atoms with van der Waals surface area (Å²) in [5.74, 6) is 0.360. The van der Waals surface area contributed by atoms with Crippen LogP contribution in [0, 0.1) is 0 Å². The highest BCUT2D eigenvalue weighted by molar-refractivity contribution is 6.55. The fourth-order valence-corrected chi connectivity index (χ4v) is 1.64. The summed E-state index contributed by atoms with van der Waals surface area (Å²) in [5.41, 5.74) is 6.00. The van der Waals surface area contributed by atoms with E-state index in [1.807, 2.05) is 0 Å². The first kappa shape index (κ1) is 12.8. The maximum atomic E-state index is 5.87. The Hall–Kier alpha value is -0.280. The number of rotatable bonds is 3. The minimum atomic E-state index is 0.123. The molecule has 0 spiro atoms. The first-order valence-electron chi connectivity index (χ1n) is 3.89. The van der Waals surface area contributed by atoms with Gasteiger partial charge in [-0.25, -0.2) is 0 Å². The second-order valence-corrected chi connectivity index (χ2v) is 4.44. The van der Waals surface area contributed by atoms with E-state index < -0.39 is 0 Å². The van der Waals surface area contributed by atoms with Crippen LogP contribution < -0.4 is 10.5 Å². The molecule has 15 heavy (non-hydrogen) atoms. The summed E-state index contributed by atoms with van der Waals surface area (Å²) in [5, 5.41) is 0.693. The van der Waals surface area contributed by atoms with Crippen LogP contribution in [0.3, 0.4) is 0 Å². The first-order valence-corrected chi connectivity index (χ1v) is 5.40. The number of nitrogen functional groups attached to an aromatic ring is 1. The van der Waals surface area contributed by atoms with E-state index in [1.54, 1.807) is 12.1 Å². The quantitative estimate of drug-likeness (QED) is 0.842. The Morgan fingerprint density at radius 1 is 1.27 bits per heavy atom. The van der Waals surface area contributed by atoms with E-state index in [9.17, 15) is 0 Å². The molecule has 2 nitrogen and oxygen atoms in total. The summed E-state index contributed by atoms with van der Waals surface area (Å²) in [6.45, 7) is 0.186. The number of hydrogen-bond donors (Lipinski definition) is 1. The van der Waals surface area contributed by atoms with Gasteiger partial charge in [0.2, 0.25) is 0 Å². The lowest BCUT2D eigenvalue weighted by molar-refractivity contribution is 0.363. The molecule has 1 aromatic carbocycles. The van der Waals surface area contributed by atoms with Crippen molar-refractivity contribution in [1.29, 1.82) is 0 Å². The van der Waals surface area contributed by atoms with E-state index in [0.717, 1.165) is 0 Å². The minimum absolute atomic E-state index is 0.123. The Balaban J connectivity index is 2.81. The molecular weight excluding hydrogens is 280 g/mol. The van der Waals surface area contributed by atoms with Gasteiger partial charge >= 0.3 is 0 Å². The average molecular weight is 287 g/mol. The monoisotopic (exact) mass is 285 g/mol. The topological polar surface area (TPSA) is 35.2 Å². The van der Waals surface area contributed by atoms with Crippen LogP contribution in [-0.4, -0.2) is 6.61 Å². The Kier molecular flexibility index (Phi) is 4.87. The molecule has 2 N–H and O–H groups in total. The molecule has 0 unspecified atom stereocenters. The molecule has 0 aliphatic rings. The molecule has 6 heteroatoms. The molecule has 1 aromatic rings. The second-order valence-electron chi connectivity index (χ2n) is 2.62. The number of ether oxygens (including phenoxy) is 1. The highest BCUT2D eigenvalue weighted by atomic mass is 35.5. The maximum absolute atomic E-state index is 5.87. The molecule has 0 atom stereocenters. The third-order valence-electron chi connectivity index (χ3n) is 1.49. The highest BCUT2D eigenvalue weighted by Crippen LogP contribution is 2.35. The van der Waals surface area contributed by atoms with Crippen LogP contribution in [0.2, 0.25) is 10.0 Å². The van der Waals surface area contributed by atoms with Crippen LogP contribution in [0.4, 0.5) is 5.69 Å². The summed E-state index contributed by atoms with van der Waals surface area (Å²) in [4.78, 5) is 0. The van der Waals surface area contributed by atoms with Gasteiger partial charge in [-0.1, -0.05) is 46.4 Å². The molecule has 1 rings (SSSR count). The van der Waals surface area contributed by atoms with Gasteiger partial charge in [0.25, 0.3) is 0 Å². The number of hydrogen-bond acceptors (Lipinski definition) is 2. The third kappa shape index (κ3) is 3.99. The number of halogens is 4. The van der Waals surface area contributed by atoms with Gasteiger partial charge < -0.3 is 10.5 Å². The van der Waals surface area contributed by atoms with Gasteiger partial charge in [-0.3, -0.25) is 0 Å². The zero-order valence-electron chi connectivity index (χ0n) is 7.44. The van der Waals surface area contributed by atoms with Crippen molar-refractivity contribution in [3.8, 4) is 5.75 Å². The lowest BCUT2D eigenvalue weighted by Crippen LogP contribution is -1.96. The normalized spacial score (nSPS) is 9.87. The fraction of sp³-hybridized carbons (Fsp3) is 0.111. The van der Waals surface area contributed by atoms with E-state index in [-0.39, 0.29) is 11.1 Å². The van der Waals surface area contributed by atoms with Crippen molar-refractivity contribution in [2.45, 2.75) is 0 Å². The van der Waals surface area contributed by atoms with Crippen molar-refractivity contribution < 1.29 is 4.74 Å². The van der Waals surface area contributed by atoms with Crippen LogP contribution in [0.5, 0.6) is 5.75 Å². The smallest absolute Gasteiger partial charge is 0.157 e. The fourth-order valence-electron chi connectivity index (χ4n) is 0.905. The van der Waals surface area contributed by atoms with Gasteiger partial charge in [-0.15, -0.1) is 0 Å². The number of nitrogens with two attached hydrogens (primary N) is 1. The Morgan fingerprint density at radius 3 is 2.27 bits per heavy atom. The summed E-state index contributed by atoms with van der Waals surface area (Å²) in [6.07, 6.45) is 1.48. The van der Waals surface area contributed by atoms with E-state index in [2.05, 4.69) is 0 Å². The van der Waals surface area contributed by atoms with Crippen LogP contribution in [0.1, 0.15) is 0 Å². The molecule has 0 amide bonds. The van der Waals surface area contributed by atoms with E-state index in [0.29, 0.717) is 21.5 Å². The molecule has 0 saturated heterocycles.